The molecule has 1 heterocycles. The summed E-state index contributed by atoms with van der Waals surface area (Å²) in [5.74, 6) is -1.02. The minimum absolute atomic E-state index is 0.112. The van der Waals surface area contributed by atoms with E-state index in [9.17, 15) is 18.0 Å². The van der Waals surface area contributed by atoms with Crippen LogP contribution in [0.5, 0.6) is 0 Å². The van der Waals surface area contributed by atoms with Crippen LogP contribution in [0.4, 0.5) is 0 Å². The zero-order valence-electron chi connectivity index (χ0n) is 19.8. The van der Waals surface area contributed by atoms with Crippen LogP contribution in [-0.2, 0) is 32.5 Å². The summed E-state index contributed by atoms with van der Waals surface area (Å²) in [6.07, 6.45) is 0.658. The summed E-state index contributed by atoms with van der Waals surface area (Å²) < 4.78 is 32.9. The van der Waals surface area contributed by atoms with E-state index >= 15 is 0 Å². The number of nitrogens with zero attached hydrogens (tertiary/aromatic N) is 2. The zero-order valence-corrected chi connectivity index (χ0v) is 20.6. The largest absolute Gasteiger partial charge is 0.452 e. The second-order valence-corrected chi connectivity index (χ2v) is 10.5. The molecular formula is C27H28N2O5S. The van der Waals surface area contributed by atoms with Crippen molar-refractivity contribution in [3.63, 3.8) is 0 Å². The average molecular weight is 493 g/mol. The molecule has 0 aliphatic carbocycles. The number of rotatable bonds is 7. The molecule has 3 aromatic rings. The van der Waals surface area contributed by atoms with Gasteiger partial charge in [-0.2, -0.15) is 4.31 Å². The Morgan fingerprint density at radius 3 is 2.26 bits per heavy atom. The number of fused-ring (bicyclic) bond motifs is 1. The van der Waals surface area contributed by atoms with Gasteiger partial charge in [0.05, 0.1) is 16.5 Å². The van der Waals surface area contributed by atoms with Gasteiger partial charge in [0.1, 0.15) is 0 Å². The van der Waals surface area contributed by atoms with Crippen LogP contribution >= 0.6 is 0 Å². The Morgan fingerprint density at radius 1 is 0.943 bits per heavy atom. The van der Waals surface area contributed by atoms with Crippen molar-refractivity contribution in [3.05, 3.63) is 101 Å². The quantitative estimate of drug-likeness (QED) is 0.469. The number of likely N-dealkylation sites (N-methyl/N-ethyl adjacent to an activating group) is 1. The van der Waals surface area contributed by atoms with Crippen LogP contribution in [0.1, 0.15) is 40.0 Å². The van der Waals surface area contributed by atoms with Crippen molar-refractivity contribution in [2.45, 2.75) is 30.8 Å². The molecule has 1 atom stereocenters. The predicted octanol–water partition coefficient (Wildman–Crippen LogP) is 3.81. The Balaban J connectivity index is 1.36. The Morgan fingerprint density at radius 2 is 1.57 bits per heavy atom. The molecule has 8 heteroatoms. The summed E-state index contributed by atoms with van der Waals surface area (Å²) in [5, 5.41) is 0. The topological polar surface area (TPSA) is 84.0 Å². The lowest BCUT2D eigenvalue weighted by molar-refractivity contribution is -0.135. The van der Waals surface area contributed by atoms with Crippen molar-refractivity contribution < 1.29 is 22.7 Å². The number of hydrogen-bond donors (Lipinski definition) is 0. The molecule has 0 spiro atoms. The molecule has 0 saturated heterocycles. The SMILES string of the molecule is CC(c1ccccc1)N(C)C(=O)COC(=O)c1ccc(S(=O)(=O)N2CCc3ccccc3C2)cc1. The molecule has 0 bridgehead atoms. The van der Waals surface area contributed by atoms with E-state index in [2.05, 4.69) is 0 Å². The molecule has 1 aliphatic heterocycles. The van der Waals surface area contributed by atoms with E-state index in [1.54, 1.807) is 7.05 Å². The lowest BCUT2D eigenvalue weighted by Crippen LogP contribution is -2.35. The Labute approximate surface area is 206 Å². The van der Waals surface area contributed by atoms with Crippen molar-refractivity contribution in [3.8, 4) is 0 Å². The number of ether oxygens (including phenoxy) is 1. The summed E-state index contributed by atoms with van der Waals surface area (Å²) in [7, 11) is -2.04. The van der Waals surface area contributed by atoms with Crippen molar-refractivity contribution >= 4 is 21.9 Å². The standard InChI is InChI=1S/C27H28N2O5S/c1-20(21-8-4-3-5-9-21)28(2)26(30)19-34-27(31)23-12-14-25(15-13-23)35(32,33)29-17-16-22-10-6-7-11-24(22)18-29/h3-15,20H,16-19H2,1-2H3. The summed E-state index contributed by atoms with van der Waals surface area (Å²) in [5.41, 5.74) is 3.32. The van der Waals surface area contributed by atoms with E-state index in [0.29, 0.717) is 19.5 Å². The number of amides is 1. The molecule has 0 saturated carbocycles. The van der Waals surface area contributed by atoms with Crippen LogP contribution in [0.15, 0.2) is 83.8 Å². The third-order valence-corrected chi connectivity index (χ3v) is 8.27. The number of sulfonamides is 1. The highest BCUT2D eigenvalue weighted by molar-refractivity contribution is 7.89. The number of carbonyl (C=O) groups excluding carboxylic acids is 2. The second kappa shape index (κ2) is 10.4. The van der Waals surface area contributed by atoms with Crippen LogP contribution in [0, 0.1) is 0 Å². The molecule has 0 aromatic heterocycles. The highest BCUT2D eigenvalue weighted by Crippen LogP contribution is 2.25. The van der Waals surface area contributed by atoms with Gasteiger partial charge < -0.3 is 9.64 Å². The molecule has 0 fully saturated rings. The highest BCUT2D eigenvalue weighted by Gasteiger charge is 2.28. The van der Waals surface area contributed by atoms with Gasteiger partial charge in [-0.3, -0.25) is 4.79 Å². The maximum atomic E-state index is 13.1. The normalized spacial score (nSPS) is 14.6. The fourth-order valence-corrected chi connectivity index (χ4v) is 5.49. The maximum Gasteiger partial charge on any atom is 0.338 e. The minimum atomic E-state index is -3.70. The van der Waals surface area contributed by atoms with Gasteiger partial charge >= 0.3 is 5.97 Å². The molecule has 1 unspecified atom stereocenters. The molecule has 35 heavy (non-hydrogen) atoms. The maximum absolute atomic E-state index is 13.1. The van der Waals surface area contributed by atoms with Gasteiger partial charge in [0, 0.05) is 20.1 Å². The molecule has 7 nitrogen and oxygen atoms in total. The molecule has 4 rings (SSSR count). The van der Waals surface area contributed by atoms with Crippen molar-refractivity contribution in [2.24, 2.45) is 0 Å². The van der Waals surface area contributed by atoms with E-state index in [1.165, 1.54) is 33.5 Å². The van der Waals surface area contributed by atoms with E-state index in [1.807, 2.05) is 61.5 Å². The Bertz CT molecular complexity index is 1310. The molecule has 0 N–H and O–H groups in total. The fraction of sp³-hybridized carbons (Fsp3) is 0.259. The van der Waals surface area contributed by atoms with E-state index in [0.717, 1.165) is 16.7 Å². The lowest BCUT2D eigenvalue weighted by Gasteiger charge is -2.28. The fourth-order valence-electron chi connectivity index (χ4n) is 4.07. The van der Waals surface area contributed by atoms with Crippen molar-refractivity contribution in [2.75, 3.05) is 20.2 Å². The summed E-state index contributed by atoms with van der Waals surface area (Å²) in [6, 6.07) is 22.8. The first-order valence-electron chi connectivity index (χ1n) is 11.4. The van der Waals surface area contributed by atoms with Crippen molar-refractivity contribution in [1.29, 1.82) is 0 Å². The van der Waals surface area contributed by atoms with Crippen LogP contribution in [0.2, 0.25) is 0 Å². The summed E-state index contributed by atoms with van der Waals surface area (Å²) in [4.78, 5) is 26.6. The monoisotopic (exact) mass is 492 g/mol. The van der Waals surface area contributed by atoms with Gasteiger partial charge in [-0.15, -0.1) is 0 Å². The van der Waals surface area contributed by atoms with E-state index in [4.69, 9.17) is 4.74 Å². The van der Waals surface area contributed by atoms with Gasteiger partial charge in [0.25, 0.3) is 5.91 Å². The molecule has 1 amide bonds. The molecule has 3 aromatic carbocycles. The first-order valence-corrected chi connectivity index (χ1v) is 12.9. The molecule has 182 valence electrons. The van der Waals surface area contributed by atoms with Crippen LogP contribution in [-0.4, -0.2) is 49.7 Å². The van der Waals surface area contributed by atoms with E-state index < -0.39 is 22.6 Å². The van der Waals surface area contributed by atoms with Crippen molar-refractivity contribution in [1.82, 2.24) is 9.21 Å². The summed E-state index contributed by atoms with van der Waals surface area (Å²) in [6.45, 7) is 2.22. The second-order valence-electron chi connectivity index (χ2n) is 8.55. The van der Waals surface area contributed by atoms with Gasteiger partial charge in [-0.05, 0) is 54.3 Å². The van der Waals surface area contributed by atoms with Crippen LogP contribution in [0.25, 0.3) is 0 Å². The minimum Gasteiger partial charge on any atom is -0.452 e. The highest BCUT2D eigenvalue weighted by atomic mass is 32.2. The molecule has 0 radical (unpaired) electrons. The summed E-state index contributed by atoms with van der Waals surface area (Å²) >= 11 is 0. The Kier molecular flexibility index (Phi) is 7.33. The number of benzene rings is 3. The smallest absolute Gasteiger partial charge is 0.338 e. The predicted molar refractivity (Wildman–Crippen MR) is 132 cm³/mol. The average Bonchev–Trinajstić information content (AvgIpc) is 2.90. The van der Waals surface area contributed by atoms with Crippen LogP contribution < -0.4 is 0 Å². The zero-order chi connectivity index (χ0) is 25.0. The van der Waals surface area contributed by atoms with Gasteiger partial charge in [0.2, 0.25) is 10.0 Å². The van der Waals surface area contributed by atoms with Gasteiger partial charge in [-0.1, -0.05) is 54.6 Å². The van der Waals surface area contributed by atoms with Crippen LogP contribution in [0.3, 0.4) is 0 Å². The first-order chi connectivity index (χ1) is 16.8. The number of carbonyl (C=O) groups is 2. The molecule has 1 aliphatic rings. The Hall–Kier alpha value is -3.49. The van der Waals surface area contributed by atoms with Gasteiger partial charge in [-0.25, -0.2) is 13.2 Å². The third-order valence-electron chi connectivity index (χ3n) is 6.41. The van der Waals surface area contributed by atoms with Gasteiger partial charge in [0.15, 0.2) is 6.61 Å². The lowest BCUT2D eigenvalue weighted by atomic mass is 10.0. The number of hydrogen-bond acceptors (Lipinski definition) is 5. The number of esters is 1. The molecular weight excluding hydrogens is 464 g/mol. The van der Waals surface area contributed by atoms with E-state index in [-0.39, 0.29) is 22.4 Å². The third kappa shape index (κ3) is 5.44. The first kappa shape index (κ1) is 24.6.